The van der Waals surface area contributed by atoms with Gasteiger partial charge in [0.15, 0.2) is 0 Å². The molecule has 1 aromatic heterocycles. The van der Waals surface area contributed by atoms with Gasteiger partial charge in [-0.15, -0.1) is 4.36 Å². The number of allylic oxidation sites excluding steroid dienone is 1. The molecule has 1 saturated carbocycles. The lowest BCUT2D eigenvalue weighted by atomic mass is 9.68. The minimum Gasteiger partial charge on any atom is -0.490 e. The van der Waals surface area contributed by atoms with Crippen molar-refractivity contribution in [2.75, 3.05) is 37.5 Å². The van der Waals surface area contributed by atoms with Gasteiger partial charge >= 0.3 is 0 Å². The summed E-state index contributed by atoms with van der Waals surface area (Å²) < 4.78 is 35.1. The van der Waals surface area contributed by atoms with E-state index in [0.717, 1.165) is 55.9 Å². The van der Waals surface area contributed by atoms with Crippen LogP contribution in [0.5, 0.6) is 5.75 Å². The number of ether oxygens (including phenoxy) is 2. The van der Waals surface area contributed by atoms with Crippen LogP contribution in [0.25, 0.3) is 0 Å². The van der Waals surface area contributed by atoms with Crippen molar-refractivity contribution in [3.63, 3.8) is 0 Å². The maximum Gasteiger partial charge on any atom is 0.286 e. The van der Waals surface area contributed by atoms with Crippen molar-refractivity contribution in [1.82, 2.24) is 14.5 Å². The van der Waals surface area contributed by atoms with Gasteiger partial charge in [0, 0.05) is 49.4 Å². The lowest BCUT2D eigenvalue weighted by Gasteiger charge is -2.46. The van der Waals surface area contributed by atoms with Crippen molar-refractivity contribution in [2.24, 2.45) is 23.2 Å². The molecule has 2 amide bonds. The van der Waals surface area contributed by atoms with Crippen LogP contribution in [0.15, 0.2) is 65.3 Å². The molecule has 2 bridgehead atoms. The van der Waals surface area contributed by atoms with E-state index in [1.54, 1.807) is 20.2 Å². The number of anilines is 1. The molecular weight excluding hydrogens is 650 g/mol. The third-order valence-electron chi connectivity index (χ3n) is 10.5. The number of hydrogen-bond acceptors (Lipinski definition) is 7. The number of rotatable bonds is 3. The molecular formula is C36H42ClN5O5S. The second-order valence-corrected chi connectivity index (χ2v) is 16.1. The van der Waals surface area contributed by atoms with Gasteiger partial charge in [0.25, 0.3) is 11.8 Å². The van der Waals surface area contributed by atoms with Crippen molar-refractivity contribution in [2.45, 2.75) is 56.5 Å². The minimum absolute atomic E-state index is 0.0188. The molecule has 3 heterocycles. The van der Waals surface area contributed by atoms with Crippen LogP contribution in [0.4, 0.5) is 5.69 Å². The Hall–Kier alpha value is -3.67. The Labute approximate surface area is 287 Å². The Kier molecular flexibility index (Phi) is 9.12. The Morgan fingerprint density at radius 1 is 1.19 bits per heavy atom. The van der Waals surface area contributed by atoms with Crippen LogP contribution >= 0.6 is 11.6 Å². The number of hydrogen-bond donors (Lipinski definition) is 1. The highest BCUT2D eigenvalue weighted by Crippen LogP contribution is 2.47. The van der Waals surface area contributed by atoms with Crippen molar-refractivity contribution < 1.29 is 23.3 Å². The quantitative estimate of drug-likeness (QED) is 0.341. The van der Waals surface area contributed by atoms with Crippen LogP contribution in [0, 0.1) is 11.8 Å². The second-order valence-electron chi connectivity index (χ2n) is 13.6. The van der Waals surface area contributed by atoms with Crippen LogP contribution in [-0.2, 0) is 33.5 Å². The molecule has 3 aromatic rings. The highest BCUT2D eigenvalue weighted by Gasteiger charge is 2.44. The van der Waals surface area contributed by atoms with E-state index in [1.807, 2.05) is 18.2 Å². The molecule has 1 fully saturated rings. The van der Waals surface area contributed by atoms with Gasteiger partial charge in [0.05, 0.1) is 35.9 Å². The minimum atomic E-state index is -3.46. The van der Waals surface area contributed by atoms with Crippen molar-refractivity contribution in [1.29, 1.82) is 0 Å². The smallest absolute Gasteiger partial charge is 0.286 e. The first kappa shape index (κ1) is 32.9. The van der Waals surface area contributed by atoms with Crippen LogP contribution in [0.3, 0.4) is 0 Å². The molecule has 1 unspecified atom stereocenters. The van der Waals surface area contributed by atoms with E-state index < -0.39 is 21.7 Å². The van der Waals surface area contributed by atoms with Crippen LogP contribution in [0.1, 0.15) is 70.4 Å². The summed E-state index contributed by atoms with van der Waals surface area (Å²) in [6.07, 6.45) is 13.3. The predicted octanol–water partition coefficient (Wildman–Crippen LogP) is 5.89. The standard InChI is InChI=1S/C36H42ClN5O5S/c1-41-20-27(19-38-41)35(44)40-48(45)16-5-3-4-8-32(46-2)29-12-9-26(29)21-42-22-36(15-6-7-24-17-28(37)11-13-30(24)36)23-47-33-14-10-25(18-31(33)42)34(43)39-48/h4,8,10-11,13-14,17-20,26,29,32H,3,5-7,9,12,15-16,21-23H2,1-2H3,(H,39,40,43,44,45)/b8-4+/t26-,29+,32-,36-,48?/m0/s1. The van der Waals surface area contributed by atoms with E-state index in [2.05, 4.69) is 43.4 Å². The molecule has 2 aliphatic heterocycles. The molecule has 10 nitrogen and oxygen atoms in total. The highest BCUT2D eigenvalue weighted by molar-refractivity contribution is 7.92. The first-order chi connectivity index (χ1) is 23.1. The monoisotopic (exact) mass is 691 g/mol. The number of amides is 2. The summed E-state index contributed by atoms with van der Waals surface area (Å²) in [5.74, 6) is 0.234. The van der Waals surface area contributed by atoms with E-state index in [0.29, 0.717) is 42.6 Å². The number of methoxy groups -OCH3 is 1. The molecule has 4 aliphatic rings. The van der Waals surface area contributed by atoms with Gasteiger partial charge in [0.2, 0.25) is 0 Å². The highest BCUT2D eigenvalue weighted by atomic mass is 35.5. The van der Waals surface area contributed by atoms with Crippen molar-refractivity contribution in [3.05, 3.63) is 88.2 Å². The van der Waals surface area contributed by atoms with Gasteiger partial charge in [-0.2, -0.15) is 5.10 Å². The SMILES string of the molecule is CO[C@H]1/C=C/CCCS(=O)(NC(=O)c2cnn(C)c2)=NC(=O)c2ccc3c(c2)N(C[C@@H]2CC[C@H]21)C[C@@]1(CCCc2cc(Cl)ccc21)CO3. The first-order valence-corrected chi connectivity index (χ1v) is 18.8. The third kappa shape index (κ3) is 6.52. The molecule has 2 aromatic carbocycles. The summed E-state index contributed by atoms with van der Waals surface area (Å²) in [5, 5.41) is 4.78. The van der Waals surface area contributed by atoms with Gasteiger partial charge in [-0.25, -0.2) is 4.21 Å². The molecule has 2 aliphatic carbocycles. The van der Waals surface area contributed by atoms with E-state index in [9.17, 15) is 13.8 Å². The zero-order valence-electron chi connectivity index (χ0n) is 27.4. The summed E-state index contributed by atoms with van der Waals surface area (Å²) in [6.45, 7) is 2.01. The summed E-state index contributed by atoms with van der Waals surface area (Å²) in [4.78, 5) is 29.3. The number of fused-ring (bicyclic) bond motifs is 4. The number of carbonyl (C=O) groups excluding carboxylic acids is 2. The first-order valence-electron chi connectivity index (χ1n) is 16.8. The molecule has 254 valence electrons. The molecule has 48 heavy (non-hydrogen) atoms. The molecule has 0 radical (unpaired) electrons. The summed E-state index contributed by atoms with van der Waals surface area (Å²) >= 11 is 6.44. The van der Waals surface area contributed by atoms with Crippen LogP contribution in [0.2, 0.25) is 5.02 Å². The molecule has 0 saturated heterocycles. The number of benzene rings is 2. The summed E-state index contributed by atoms with van der Waals surface area (Å²) in [6, 6.07) is 11.5. The number of aryl methyl sites for hydroxylation is 2. The van der Waals surface area contributed by atoms with Crippen LogP contribution in [-0.4, -0.2) is 64.5 Å². The number of nitrogens with one attached hydrogen (secondary N) is 1. The Morgan fingerprint density at radius 2 is 2.06 bits per heavy atom. The lowest BCUT2D eigenvalue weighted by Crippen LogP contribution is -2.49. The predicted molar refractivity (Wildman–Crippen MR) is 186 cm³/mol. The number of carbonyl (C=O) groups is 2. The Morgan fingerprint density at radius 3 is 2.83 bits per heavy atom. The number of halogens is 1. The zero-order chi connectivity index (χ0) is 33.5. The summed E-state index contributed by atoms with van der Waals surface area (Å²) in [5.41, 5.74) is 3.65. The van der Waals surface area contributed by atoms with E-state index in [-0.39, 0.29) is 22.8 Å². The average Bonchev–Trinajstić information content (AvgIpc) is 3.43. The van der Waals surface area contributed by atoms with E-state index in [1.165, 1.54) is 28.2 Å². The van der Waals surface area contributed by atoms with Crippen molar-refractivity contribution in [3.8, 4) is 5.75 Å². The maximum atomic E-state index is 14.2. The van der Waals surface area contributed by atoms with Crippen molar-refractivity contribution >= 4 is 39.0 Å². The molecule has 12 heteroatoms. The Bertz CT molecular complexity index is 1880. The van der Waals surface area contributed by atoms with Gasteiger partial charge < -0.3 is 14.4 Å². The fraction of sp³-hybridized carbons (Fsp3) is 0.472. The van der Waals surface area contributed by atoms with Crippen LogP contribution < -0.4 is 14.4 Å². The zero-order valence-corrected chi connectivity index (χ0v) is 29.0. The molecule has 1 spiro atoms. The van der Waals surface area contributed by atoms with Gasteiger partial charge in [-0.05, 0) is 98.2 Å². The third-order valence-corrected chi connectivity index (χ3v) is 12.5. The van der Waals surface area contributed by atoms with Gasteiger partial charge in [-0.1, -0.05) is 29.8 Å². The van der Waals surface area contributed by atoms with Gasteiger partial charge in [0.1, 0.15) is 15.7 Å². The molecule has 5 atom stereocenters. The molecule has 7 rings (SSSR count). The van der Waals surface area contributed by atoms with Gasteiger partial charge in [-0.3, -0.25) is 19.0 Å². The Balaban J connectivity index is 1.29. The number of nitrogens with zero attached hydrogens (tertiary/aromatic N) is 4. The topological polar surface area (TPSA) is 115 Å². The van der Waals surface area contributed by atoms with E-state index >= 15 is 0 Å². The average molecular weight is 692 g/mol. The lowest BCUT2D eigenvalue weighted by molar-refractivity contribution is 0.0132. The van der Waals surface area contributed by atoms with E-state index in [4.69, 9.17) is 21.1 Å². The normalized spacial score (nSPS) is 29.4. The maximum absolute atomic E-state index is 14.2. The summed E-state index contributed by atoms with van der Waals surface area (Å²) in [7, 11) is -0.0130. The largest absolute Gasteiger partial charge is 0.490 e. The molecule has 1 N–H and O–H groups in total. The number of aromatic nitrogens is 2. The fourth-order valence-electron chi connectivity index (χ4n) is 7.86. The fourth-order valence-corrected chi connectivity index (χ4v) is 9.63. The second kappa shape index (κ2) is 13.3.